The zero-order valence-electron chi connectivity index (χ0n) is 16.6. The fourth-order valence-corrected chi connectivity index (χ4v) is 4.16. The number of aryl methyl sites for hydroxylation is 2. The van der Waals surface area contributed by atoms with Crippen LogP contribution in [0.5, 0.6) is 5.75 Å². The van der Waals surface area contributed by atoms with Crippen LogP contribution in [0.4, 0.5) is 0 Å². The molecule has 0 atom stereocenters. The lowest BCUT2D eigenvalue weighted by molar-refractivity contribution is 0.300. The molecule has 0 fully saturated rings. The van der Waals surface area contributed by atoms with E-state index in [1.165, 1.54) is 4.57 Å². The van der Waals surface area contributed by atoms with Gasteiger partial charge in [0.05, 0.1) is 6.61 Å². The number of aromatic nitrogens is 4. The molecular weight excluding hydrogens is 400 g/mol. The number of H-pyrrole nitrogens is 1. The number of fused-ring (bicyclic) bond motifs is 1. The summed E-state index contributed by atoms with van der Waals surface area (Å²) in [4.78, 5) is 31.5. The molecule has 4 aromatic rings. The van der Waals surface area contributed by atoms with Gasteiger partial charge in [0.25, 0.3) is 5.56 Å². The number of para-hydroxylation sites is 1. The van der Waals surface area contributed by atoms with Gasteiger partial charge in [0.2, 0.25) is 0 Å². The first kappa shape index (κ1) is 20.0. The summed E-state index contributed by atoms with van der Waals surface area (Å²) in [5, 5.41) is 0.709. The first-order valence-electron chi connectivity index (χ1n) is 9.67. The van der Waals surface area contributed by atoms with Crippen LogP contribution in [-0.2, 0) is 19.3 Å². The smallest absolute Gasteiger partial charge is 0.329 e. The maximum Gasteiger partial charge on any atom is 0.329 e. The molecule has 0 saturated heterocycles. The van der Waals surface area contributed by atoms with Crippen molar-refractivity contribution in [2.24, 2.45) is 7.05 Å². The third kappa shape index (κ3) is 4.33. The van der Waals surface area contributed by atoms with Gasteiger partial charge in [-0.25, -0.2) is 9.78 Å². The zero-order valence-corrected chi connectivity index (χ0v) is 17.4. The number of benzene rings is 2. The maximum absolute atomic E-state index is 12.5. The fraction of sp³-hybridized carbons (Fsp3) is 0.227. The van der Waals surface area contributed by atoms with Crippen LogP contribution in [0.2, 0.25) is 0 Å². The normalized spacial score (nSPS) is 11.1. The second-order valence-electron chi connectivity index (χ2n) is 6.83. The lowest BCUT2D eigenvalue weighted by atomic mass is 10.2. The zero-order chi connectivity index (χ0) is 20.9. The molecule has 2 aromatic heterocycles. The molecule has 0 bridgehead atoms. The predicted octanol–water partition coefficient (Wildman–Crippen LogP) is 3.18. The Labute approximate surface area is 177 Å². The highest BCUT2D eigenvalue weighted by molar-refractivity contribution is 7.98. The van der Waals surface area contributed by atoms with Gasteiger partial charge in [-0.15, -0.1) is 0 Å². The number of hydrogen-bond acceptors (Lipinski definition) is 5. The summed E-state index contributed by atoms with van der Waals surface area (Å²) in [5.74, 6) is 1.53. The highest BCUT2D eigenvalue weighted by Crippen LogP contribution is 2.25. The number of ether oxygens (including phenoxy) is 1. The maximum atomic E-state index is 12.5. The third-order valence-electron chi connectivity index (χ3n) is 4.72. The van der Waals surface area contributed by atoms with Crippen LogP contribution in [0, 0.1) is 0 Å². The molecule has 0 radical (unpaired) electrons. The summed E-state index contributed by atoms with van der Waals surface area (Å²) in [7, 11) is 1.61. The molecule has 0 unspecified atom stereocenters. The van der Waals surface area contributed by atoms with Crippen LogP contribution >= 0.6 is 11.8 Å². The van der Waals surface area contributed by atoms with Gasteiger partial charge in [-0.05, 0) is 24.1 Å². The quantitative estimate of drug-likeness (QED) is 0.348. The molecule has 0 aliphatic carbocycles. The Balaban J connectivity index is 1.58. The average Bonchev–Trinajstić information content (AvgIpc) is 3.14. The van der Waals surface area contributed by atoms with Crippen molar-refractivity contribution in [1.29, 1.82) is 0 Å². The molecule has 30 heavy (non-hydrogen) atoms. The van der Waals surface area contributed by atoms with Gasteiger partial charge in [-0.3, -0.25) is 14.3 Å². The summed E-state index contributed by atoms with van der Waals surface area (Å²) in [6, 6.07) is 19.7. The summed E-state index contributed by atoms with van der Waals surface area (Å²) in [5.41, 5.74) is 1.08. The first-order chi connectivity index (χ1) is 14.6. The Morgan fingerprint density at radius 1 is 1.03 bits per heavy atom. The van der Waals surface area contributed by atoms with Crippen molar-refractivity contribution in [3.63, 3.8) is 0 Å². The highest BCUT2D eigenvalue weighted by Gasteiger charge is 2.17. The van der Waals surface area contributed by atoms with Crippen molar-refractivity contribution in [2.45, 2.75) is 23.9 Å². The van der Waals surface area contributed by atoms with Gasteiger partial charge in [-0.2, -0.15) is 0 Å². The molecule has 0 amide bonds. The monoisotopic (exact) mass is 422 g/mol. The lowest BCUT2D eigenvalue weighted by Crippen LogP contribution is -2.29. The van der Waals surface area contributed by atoms with Crippen molar-refractivity contribution >= 4 is 22.9 Å². The number of aromatic amines is 1. The lowest BCUT2D eigenvalue weighted by Gasteiger charge is -2.10. The average molecular weight is 423 g/mol. The van der Waals surface area contributed by atoms with Crippen LogP contribution in [-0.4, -0.2) is 25.7 Å². The Hall–Kier alpha value is -3.26. The minimum absolute atomic E-state index is 0.392. The van der Waals surface area contributed by atoms with E-state index in [0.717, 1.165) is 17.1 Å². The van der Waals surface area contributed by atoms with Gasteiger partial charge < -0.3 is 9.30 Å². The number of imidazole rings is 1. The highest BCUT2D eigenvalue weighted by atomic mass is 32.2. The molecule has 2 aromatic carbocycles. The van der Waals surface area contributed by atoms with E-state index in [9.17, 15) is 9.59 Å². The van der Waals surface area contributed by atoms with E-state index in [1.54, 1.807) is 18.8 Å². The van der Waals surface area contributed by atoms with Crippen LogP contribution in [0.15, 0.2) is 75.4 Å². The third-order valence-corrected chi connectivity index (χ3v) is 5.77. The number of nitrogens with one attached hydrogen (secondary N) is 1. The van der Waals surface area contributed by atoms with Gasteiger partial charge in [0, 0.05) is 19.3 Å². The van der Waals surface area contributed by atoms with Gasteiger partial charge in [-0.1, -0.05) is 60.3 Å². The molecule has 0 spiro atoms. The molecule has 4 rings (SSSR count). The number of thioether (sulfide) groups is 1. The summed E-state index contributed by atoms with van der Waals surface area (Å²) in [6.07, 6.45) is 0.696. The van der Waals surface area contributed by atoms with Crippen molar-refractivity contribution < 1.29 is 4.74 Å². The van der Waals surface area contributed by atoms with Gasteiger partial charge >= 0.3 is 5.69 Å². The van der Waals surface area contributed by atoms with E-state index < -0.39 is 11.2 Å². The predicted molar refractivity (Wildman–Crippen MR) is 118 cm³/mol. The van der Waals surface area contributed by atoms with E-state index in [4.69, 9.17) is 4.74 Å². The Morgan fingerprint density at radius 3 is 2.47 bits per heavy atom. The molecule has 0 saturated carbocycles. The van der Waals surface area contributed by atoms with Gasteiger partial charge in [0.15, 0.2) is 16.3 Å². The molecule has 154 valence electrons. The fourth-order valence-electron chi connectivity index (χ4n) is 3.18. The molecular formula is C22H22N4O3S. The number of hydrogen-bond donors (Lipinski definition) is 1. The minimum atomic E-state index is -0.468. The second-order valence-corrected chi connectivity index (χ2v) is 7.77. The molecule has 1 N–H and O–H groups in total. The largest absolute Gasteiger partial charge is 0.494 e. The standard InChI is InChI=1S/C22H22N4O3S/c1-25-19-18(20(27)24-21(25)28)26(13-8-14-29-17-11-6-3-7-12-17)22(23-19)30-15-16-9-4-2-5-10-16/h2-7,9-12H,8,13-15H2,1H3,(H,24,27,28). The molecule has 7 nitrogen and oxygen atoms in total. The van der Waals surface area contributed by atoms with Crippen LogP contribution < -0.4 is 16.0 Å². The van der Waals surface area contributed by atoms with E-state index in [0.29, 0.717) is 35.9 Å². The van der Waals surface area contributed by atoms with Crippen molar-refractivity contribution in [1.82, 2.24) is 19.1 Å². The molecule has 0 aliphatic heterocycles. The van der Waals surface area contributed by atoms with E-state index >= 15 is 0 Å². The van der Waals surface area contributed by atoms with Crippen LogP contribution in [0.3, 0.4) is 0 Å². The minimum Gasteiger partial charge on any atom is -0.494 e. The molecule has 0 aliphatic rings. The number of rotatable bonds is 8. The van der Waals surface area contributed by atoms with Crippen LogP contribution in [0.1, 0.15) is 12.0 Å². The van der Waals surface area contributed by atoms with Gasteiger partial charge in [0.1, 0.15) is 5.75 Å². The van der Waals surface area contributed by atoms with Crippen molar-refractivity contribution in [3.05, 3.63) is 87.1 Å². The SMILES string of the molecule is Cn1c(=O)[nH]c(=O)c2c1nc(SCc1ccccc1)n2CCCOc1ccccc1. The first-order valence-corrected chi connectivity index (χ1v) is 10.7. The summed E-state index contributed by atoms with van der Waals surface area (Å²) >= 11 is 1.55. The van der Waals surface area contributed by atoms with E-state index in [-0.39, 0.29) is 0 Å². The summed E-state index contributed by atoms with van der Waals surface area (Å²) < 4.78 is 9.04. The molecule has 8 heteroatoms. The summed E-state index contributed by atoms with van der Waals surface area (Å²) in [6.45, 7) is 1.07. The van der Waals surface area contributed by atoms with E-state index in [2.05, 4.69) is 22.1 Å². The van der Waals surface area contributed by atoms with Crippen LogP contribution in [0.25, 0.3) is 11.2 Å². The van der Waals surface area contributed by atoms with Crippen molar-refractivity contribution in [2.75, 3.05) is 6.61 Å². The topological polar surface area (TPSA) is 81.9 Å². The Kier molecular flexibility index (Phi) is 6.04. The number of nitrogens with zero attached hydrogens (tertiary/aromatic N) is 3. The molecule has 2 heterocycles. The van der Waals surface area contributed by atoms with Crippen molar-refractivity contribution in [3.8, 4) is 5.75 Å². The Morgan fingerprint density at radius 2 is 1.73 bits per heavy atom. The van der Waals surface area contributed by atoms with E-state index in [1.807, 2.05) is 53.1 Å². The Bertz CT molecular complexity index is 1250. The second kappa shape index (κ2) is 9.04.